The molecule has 23 heteroatoms. The molecule has 0 aliphatic carbocycles. The molecule has 1 aromatic heterocycles. The summed E-state index contributed by atoms with van der Waals surface area (Å²) in [4.78, 5) is 57.8. The summed E-state index contributed by atoms with van der Waals surface area (Å²) < 4.78 is 100. The Balaban J connectivity index is 0.00000105. The number of carbonyl (C=O) groups excluding carboxylic acids is 1. The van der Waals surface area contributed by atoms with Gasteiger partial charge in [0.25, 0.3) is 0 Å². The summed E-state index contributed by atoms with van der Waals surface area (Å²) in [5, 5.41) is 37.6. The highest BCUT2D eigenvalue weighted by Crippen LogP contribution is 2.26. The zero-order valence-corrected chi connectivity index (χ0v) is 27.9. The zero-order valence-electron chi connectivity index (χ0n) is 27.9. The molecular formula is C30H37F9N4O10. The van der Waals surface area contributed by atoms with Gasteiger partial charge in [0, 0.05) is 30.7 Å². The van der Waals surface area contributed by atoms with Crippen LogP contribution in [0.5, 0.6) is 5.75 Å². The van der Waals surface area contributed by atoms with Crippen LogP contribution in [0.4, 0.5) is 50.0 Å². The standard InChI is InChI=1S/C24H34N4O4.3C2HF3O2/c1-3-4-5-6-7-13-28-14-11-22(19(16-28)23(29)30)27-24(31)26-21-10-12-25-20-9-8-17(32-2)15-18(20)21;3*3-2(4,5)1(6)7/h8-10,12,15,19,22H,3-7,11,13-14,16H2,1-2H3,(H,29,30)(H2,25,26,27,31);3*(H,6,7)/t19-,22+;;;/m1.../s1. The number of anilines is 1. The van der Waals surface area contributed by atoms with Gasteiger partial charge in [-0.2, -0.15) is 39.5 Å². The summed E-state index contributed by atoms with van der Waals surface area (Å²) in [5.41, 5.74) is 1.34. The molecule has 1 fully saturated rings. The molecule has 2 heterocycles. The van der Waals surface area contributed by atoms with E-state index < -0.39 is 60.4 Å². The topological polar surface area (TPSA) is 216 Å². The number of alkyl halides is 9. The number of methoxy groups -OCH3 is 1. The second-order valence-corrected chi connectivity index (χ2v) is 10.8. The number of halogens is 9. The molecule has 300 valence electrons. The Hall–Kier alpha value is -5.09. The summed E-state index contributed by atoms with van der Waals surface area (Å²) in [6, 6.07) is 6.36. The lowest BCUT2D eigenvalue weighted by molar-refractivity contribution is -0.193. The molecule has 2 amide bonds. The average Bonchev–Trinajstić information content (AvgIpc) is 3.04. The fourth-order valence-electron chi connectivity index (χ4n) is 4.27. The lowest BCUT2D eigenvalue weighted by atomic mass is 9.92. The van der Waals surface area contributed by atoms with E-state index in [1.165, 1.54) is 25.7 Å². The first-order valence-electron chi connectivity index (χ1n) is 15.2. The van der Waals surface area contributed by atoms with Crippen molar-refractivity contribution in [1.82, 2.24) is 15.2 Å². The van der Waals surface area contributed by atoms with Crippen molar-refractivity contribution < 1.29 is 88.6 Å². The van der Waals surface area contributed by atoms with Crippen LogP contribution in [0.1, 0.15) is 45.4 Å². The Morgan fingerprint density at radius 1 is 0.830 bits per heavy atom. The number of amides is 2. The number of pyridine rings is 1. The summed E-state index contributed by atoms with van der Waals surface area (Å²) in [6.07, 6.45) is -7.05. The molecule has 0 unspecified atom stereocenters. The summed E-state index contributed by atoms with van der Waals surface area (Å²) >= 11 is 0. The van der Waals surface area contributed by atoms with Crippen LogP contribution in [0.3, 0.4) is 0 Å². The fraction of sp³-hybridized carbons (Fsp3) is 0.533. The number of benzene rings is 1. The molecule has 2 aromatic rings. The highest BCUT2D eigenvalue weighted by Gasteiger charge is 2.39. The molecule has 0 radical (unpaired) electrons. The van der Waals surface area contributed by atoms with Gasteiger partial charge in [-0.25, -0.2) is 19.2 Å². The molecule has 0 saturated carbocycles. The van der Waals surface area contributed by atoms with Gasteiger partial charge in [-0.1, -0.05) is 32.6 Å². The first kappa shape index (κ1) is 47.9. The van der Waals surface area contributed by atoms with E-state index in [1.54, 1.807) is 19.4 Å². The number of carbonyl (C=O) groups is 5. The van der Waals surface area contributed by atoms with Crippen molar-refractivity contribution in [2.24, 2.45) is 5.92 Å². The normalized spacial score (nSPS) is 15.9. The SMILES string of the molecule is CCCCCCCN1CC[C@H](NC(=O)Nc2ccnc3ccc(OC)cc23)[C@H](C(=O)O)C1.O=C(O)C(F)(F)F.O=C(O)C(F)(F)F.O=C(O)C(F)(F)F. The van der Waals surface area contributed by atoms with Gasteiger partial charge in [-0.3, -0.25) is 9.78 Å². The fourth-order valence-corrected chi connectivity index (χ4v) is 4.27. The average molecular weight is 785 g/mol. The van der Waals surface area contributed by atoms with Gasteiger partial charge in [0.2, 0.25) is 0 Å². The minimum atomic E-state index is -5.08. The zero-order chi connectivity index (χ0) is 41.2. The first-order chi connectivity index (χ1) is 24.3. The number of unbranched alkanes of at least 4 members (excludes halogenated alkanes) is 4. The number of piperidine rings is 1. The number of likely N-dealkylation sites (tertiary alicyclic amines) is 1. The van der Waals surface area contributed by atoms with E-state index >= 15 is 0 Å². The van der Waals surface area contributed by atoms with E-state index in [1.807, 2.05) is 18.2 Å². The number of fused-ring (bicyclic) bond motifs is 1. The van der Waals surface area contributed by atoms with Gasteiger partial charge >= 0.3 is 48.4 Å². The maximum Gasteiger partial charge on any atom is 0.490 e. The van der Waals surface area contributed by atoms with Gasteiger partial charge in [-0.15, -0.1) is 0 Å². The van der Waals surface area contributed by atoms with Gasteiger partial charge in [0.15, 0.2) is 0 Å². The number of aromatic nitrogens is 1. The van der Waals surface area contributed by atoms with E-state index in [9.17, 15) is 54.2 Å². The van der Waals surface area contributed by atoms with Crippen molar-refractivity contribution in [2.75, 3.05) is 32.1 Å². The van der Waals surface area contributed by atoms with Gasteiger partial charge < -0.3 is 40.7 Å². The number of ether oxygens (including phenoxy) is 1. The number of hydrogen-bond acceptors (Lipinski definition) is 8. The Kier molecular flexibility index (Phi) is 20.0. The number of nitrogens with zero attached hydrogens (tertiary/aromatic N) is 2. The van der Waals surface area contributed by atoms with Crippen LogP contribution < -0.4 is 15.4 Å². The van der Waals surface area contributed by atoms with Crippen molar-refractivity contribution in [3.8, 4) is 5.75 Å². The predicted molar refractivity (Wildman–Crippen MR) is 166 cm³/mol. The van der Waals surface area contributed by atoms with E-state index in [4.69, 9.17) is 34.4 Å². The molecule has 6 N–H and O–H groups in total. The molecule has 1 saturated heterocycles. The molecule has 1 aliphatic rings. The summed E-state index contributed by atoms with van der Waals surface area (Å²) in [7, 11) is 1.58. The monoisotopic (exact) mass is 784 g/mol. The van der Waals surface area contributed by atoms with Crippen LogP contribution in [-0.4, -0.2) is 112 Å². The number of urea groups is 1. The number of rotatable bonds is 10. The van der Waals surface area contributed by atoms with E-state index in [0.29, 0.717) is 24.4 Å². The van der Waals surface area contributed by atoms with Crippen LogP contribution in [0.2, 0.25) is 0 Å². The Labute approximate surface area is 294 Å². The van der Waals surface area contributed by atoms with E-state index in [-0.39, 0.29) is 0 Å². The highest BCUT2D eigenvalue weighted by atomic mass is 19.4. The Morgan fingerprint density at radius 3 is 1.79 bits per heavy atom. The second-order valence-electron chi connectivity index (χ2n) is 10.8. The van der Waals surface area contributed by atoms with E-state index in [0.717, 1.165) is 30.4 Å². The number of nitrogens with one attached hydrogen (secondary N) is 2. The Morgan fingerprint density at radius 2 is 1.34 bits per heavy atom. The quantitative estimate of drug-likeness (QED) is 0.121. The molecule has 0 spiro atoms. The van der Waals surface area contributed by atoms with Crippen molar-refractivity contribution in [1.29, 1.82) is 0 Å². The molecule has 0 bridgehead atoms. The third-order valence-corrected chi connectivity index (χ3v) is 6.83. The summed E-state index contributed by atoms with van der Waals surface area (Å²) in [6.45, 7) is 4.36. The van der Waals surface area contributed by atoms with E-state index in [2.05, 4.69) is 27.4 Å². The minimum Gasteiger partial charge on any atom is -0.497 e. The number of hydrogen-bond donors (Lipinski definition) is 6. The molecule has 2 atom stereocenters. The highest BCUT2D eigenvalue weighted by molar-refractivity contribution is 6.00. The molecule has 3 rings (SSSR count). The van der Waals surface area contributed by atoms with Crippen LogP contribution in [-0.2, 0) is 19.2 Å². The van der Waals surface area contributed by atoms with Gasteiger partial charge in [0.05, 0.1) is 24.2 Å². The lowest BCUT2D eigenvalue weighted by Crippen LogP contribution is -2.54. The van der Waals surface area contributed by atoms with Crippen LogP contribution in [0.25, 0.3) is 10.9 Å². The van der Waals surface area contributed by atoms with Gasteiger partial charge in [0.1, 0.15) is 5.75 Å². The van der Waals surface area contributed by atoms with Crippen molar-refractivity contribution in [2.45, 2.75) is 70.0 Å². The van der Waals surface area contributed by atoms with Crippen LogP contribution >= 0.6 is 0 Å². The Bertz CT molecular complexity index is 1450. The third-order valence-electron chi connectivity index (χ3n) is 6.83. The number of aliphatic carboxylic acids is 4. The maximum atomic E-state index is 12.7. The van der Waals surface area contributed by atoms with Crippen molar-refractivity contribution in [3.05, 3.63) is 30.5 Å². The number of carboxylic acid groups (broad SMARTS) is 4. The van der Waals surface area contributed by atoms with Gasteiger partial charge in [-0.05, 0) is 43.7 Å². The van der Waals surface area contributed by atoms with Crippen molar-refractivity contribution in [3.63, 3.8) is 0 Å². The molecule has 14 nitrogen and oxygen atoms in total. The second kappa shape index (κ2) is 22.1. The summed E-state index contributed by atoms with van der Waals surface area (Å²) in [5.74, 6) is -9.10. The number of carboxylic acids is 4. The predicted octanol–water partition coefficient (Wildman–Crippen LogP) is 6.01. The molecule has 1 aliphatic heterocycles. The van der Waals surface area contributed by atoms with Crippen LogP contribution in [0.15, 0.2) is 30.5 Å². The lowest BCUT2D eigenvalue weighted by Gasteiger charge is -2.36. The molecule has 53 heavy (non-hydrogen) atoms. The molecule has 1 aromatic carbocycles. The van der Waals surface area contributed by atoms with Crippen molar-refractivity contribution >= 4 is 46.5 Å². The maximum absolute atomic E-state index is 12.7. The largest absolute Gasteiger partial charge is 0.497 e. The third kappa shape index (κ3) is 19.4. The van der Waals surface area contributed by atoms with Crippen LogP contribution in [0, 0.1) is 5.92 Å². The minimum absolute atomic E-state index is 0.411. The molecular weight excluding hydrogens is 747 g/mol. The first-order valence-corrected chi connectivity index (χ1v) is 15.2. The smallest absolute Gasteiger partial charge is 0.490 e.